The Morgan fingerprint density at radius 1 is 1.14 bits per heavy atom. The van der Waals surface area contributed by atoms with Crippen molar-refractivity contribution in [3.8, 4) is 17.2 Å². The van der Waals surface area contributed by atoms with Gasteiger partial charge >= 0.3 is 0 Å². The van der Waals surface area contributed by atoms with Crippen LogP contribution in [0.1, 0.15) is 29.8 Å². The van der Waals surface area contributed by atoms with Gasteiger partial charge in [-0.2, -0.15) is 0 Å². The minimum Gasteiger partial charge on any atom is -0.494 e. The van der Waals surface area contributed by atoms with Gasteiger partial charge in [0.05, 0.1) is 12.2 Å². The zero-order valence-electron chi connectivity index (χ0n) is 12.3. The molecular weight excluding hydrogens is 271 g/mol. The fourth-order valence-corrected chi connectivity index (χ4v) is 1.91. The van der Waals surface area contributed by atoms with Gasteiger partial charge in [-0.25, -0.2) is 4.39 Å². The molecule has 0 saturated carbocycles. The number of rotatable bonds is 5. The van der Waals surface area contributed by atoms with Gasteiger partial charge < -0.3 is 9.47 Å². The third kappa shape index (κ3) is 3.60. The monoisotopic (exact) mass is 288 g/mol. The summed E-state index contributed by atoms with van der Waals surface area (Å²) >= 11 is 0. The van der Waals surface area contributed by atoms with Gasteiger partial charge in [-0.15, -0.1) is 0 Å². The van der Waals surface area contributed by atoms with Crippen LogP contribution in [0.4, 0.5) is 4.39 Å². The van der Waals surface area contributed by atoms with E-state index in [1.807, 2.05) is 6.92 Å². The molecule has 2 rings (SSSR count). The number of hydrogen-bond acceptors (Lipinski definition) is 3. The highest BCUT2D eigenvalue weighted by Gasteiger charge is 2.13. The fourth-order valence-electron chi connectivity index (χ4n) is 1.91. The highest BCUT2D eigenvalue weighted by atomic mass is 19.1. The van der Waals surface area contributed by atoms with Crippen molar-refractivity contribution < 1.29 is 18.7 Å². The lowest BCUT2D eigenvalue weighted by Gasteiger charge is -2.11. The van der Waals surface area contributed by atoms with Gasteiger partial charge in [0.15, 0.2) is 5.78 Å². The van der Waals surface area contributed by atoms with E-state index in [0.717, 1.165) is 5.75 Å². The summed E-state index contributed by atoms with van der Waals surface area (Å²) in [7, 11) is 0. The van der Waals surface area contributed by atoms with E-state index >= 15 is 0 Å². The molecule has 0 saturated heterocycles. The molecule has 21 heavy (non-hydrogen) atoms. The molecule has 0 bridgehead atoms. The summed E-state index contributed by atoms with van der Waals surface area (Å²) in [6.07, 6.45) is 0. The van der Waals surface area contributed by atoms with E-state index in [9.17, 15) is 9.18 Å². The third-order valence-electron chi connectivity index (χ3n) is 3.00. The molecule has 0 amide bonds. The normalized spacial score (nSPS) is 10.3. The molecule has 0 N–H and O–H groups in total. The average Bonchev–Trinajstić information content (AvgIpc) is 2.44. The van der Waals surface area contributed by atoms with Crippen LogP contribution in [0.15, 0.2) is 36.4 Å². The van der Waals surface area contributed by atoms with Crippen molar-refractivity contribution >= 4 is 5.78 Å². The molecule has 0 radical (unpaired) electrons. The van der Waals surface area contributed by atoms with Crippen LogP contribution in [-0.2, 0) is 0 Å². The summed E-state index contributed by atoms with van der Waals surface area (Å²) in [4.78, 5) is 11.6. The Hall–Kier alpha value is -2.36. The van der Waals surface area contributed by atoms with Crippen molar-refractivity contribution in [1.82, 2.24) is 0 Å². The van der Waals surface area contributed by atoms with Crippen molar-refractivity contribution in [3.05, 3.63) is 53.3 Å². The molecule has 3 nitrogen and oxygen atoms in total. The van der Waals surface area contributed by atoms with Crippen LogP contribution in [0.5, 0.6) is 17.2 Å². The quantitative estimate of drug-likeness (QED) is 0.758. The third-order valence-corrected chi connectivity index (χ3v) is 3.00. The molecule has 0 spiro atoms. The molecule has 0 fully saturated rings. The first kappa shape index (κ1) is 15.0. The predicted octanol–water partition coefficient (Wildman–Crippen LogP) is 4.53. The summed E-state index contributed by atoms with van der Waals surface area (Å²) in [5.41, 5.74) is 0.660. The standard InChI is InChI=1S/C17H17FO3/c1-4-20-13-5-7-14(8-6-13)21-17-9-11(2)16(18)10-15(17)12(3)19/h5-10H,4H2,1-3H3. The Kier molecular flexibility index (Phi) is 4.58. The number of carbonyl (C=O) groups is 1. The van der Waals surface area contributed by atoms with Gasteiger partial charge in [0, 0.05) is 0 Å². The minimum atomic E-state index is -0.417. The number of ketones is 1. The van der Waals surface area contributed by atoms with E-state index in [1.54, 1.807) is 31.2 Å². The van der Waals surface area contributed by atoms with Crippen LogP contribution in [0.3, 0.4) is 0 Å². The van der Waals surface area contributed by atoms with E-state index in [-0.39, 0.29) is 11.3 Å². The van der Waals surface area contributed by atoms with E-state index in [0.29, 0.717) is 23.7 Å². The SMILES string of the molecule is CCOc1ccc(Oc2cc(C)c(F)cc2C(C)=O)cc1. The first-order valence-electron chi connectivity index (χ1n) is 6.73. The first-order valence-corrected chi connectivity index (χ1v) is 6.73. The van der Waals surface area contributed by atoms with Crippen molar-refractivity contribution in [2.75, 3.05) is 6.61 Å². The van der Waals surface area contributed by atoms with Crippen LogP contribution in [-0.4, -0.2) is 12.4 Å². The highest BCUT2D eigenvalue weighted by Crippen LogP contribution is 2.29. The van der Waals surface area contributed by atoms with E-state index in [4.69, 9.17) is 9.47 Å². The van der Waals surface area contributed by atoms with Crippen LogP contribution in [0, 0.1) is 12.7 Å². The molecule has 4 heteroatoms. The molecule has 2 aromatic carbocycles. The average molecular weight is 288 g/mol. The van der Waals surface area contributed by atoms with Crippen molar-refractivity contribution in [3.63, 3.8) is 0 Å². The number of benzene rings is 2. The lowest BCUT2D eigenvalue weighted by molar-refractivity contribution is 0.101. The molecule has 0 aliphatic rings. The second-order valence-corrected chi connectivity index (χ2v) is 4.66. The summed E-state index contributed by atoms with van der Waals surface area (Å²) < 4.78 is 24.6. The fraction of sp³-hybridized carbons (Fsp3) is 0.235. The zero-order valence-corrected chi connectivity index (χ0v) is 12.3. The van der Waals surface area contributed by atoms with Gasteiger partial charge in [-0.05, 0) is 62.7 Å². The Bertz CT molecular complexity index is 648. The van der Waals surface area contributed by atoms with Crippen LogP contribution >= 0.6 is 0 Å². The van der Waals surface area contributed by atoms with E-state index in [2.05, 4.69) is 0 Å². The Labute approximate surface area is 123 Å². The molecule has 0 aliphatic heterocycles. The van der Waals surface area contributed by atoms with Crippen molar-refractivity contribution in [2.45, 2.75) is 20.8 Å². The molecule has 0 unspecified atom stereocenters. The largest absolute Gasteiger partial charge is 0.494 e. The van der Waals surface area contributed by atoms with Crippen LogP contribution < -0.4 is 9.47 Å². The molecule has 110 valence electrons. The number of carbonyl (C=O) groups excluding carboxylic acids is 1. The molecule has 0 aliphatic carbocycles. The van der Waals surface area contributed by atoms with Crippen LogP contribution in [0.25, 0.3) is 0 Å². The van der Waals surface area contributed by atoms with Crippen molar-refractivity contribution in [2.24, 2.45) is 0 Å². The number of hydrogen-bond donors (Lipinski definition) is 0. The maximum atomic E-state index is 13.6. The maximum Gasteiger partial charge on any atom is 0.163 e. The van der Waals surface area contributed by atoms with Crippen molar-refractivity contribution in [1.29, 1.82) is 0 Å². The Morgan fingerprint density at radius 2 is 1.76 bits per heavy atom. The highest BCUT2D eigenvalue weighted by molar-refractivity contribution is 5.97. The number of halogens is 1. The van der Waals surface area contributed by atoms with Gasteiger partial charge in [0.2, 0.25) is 0 Å². The summed E-state index contributed by atoms with van der Waals surface area (Å²) in [6.45, 7) is 5.51. The molecule has 0 atom stereocenters. The topological polar surface area (TPSA) is 35.5 Å². The summed E-state index contributed by atoms with van der Waals surface area (Å²) in [6, 6.07) is 9.79. The predicted molar refractivity (Wildman–Crippen MR) is 78.8 cm³/mol. The maximum absolute atomic E-state index is 13.6. The molecule has 0 aromatic heterocycles. The first-order chi connectivity index (χ1) is 10.0. The Balaban J connectivity index is 2.30. The van der Waals surface area contributed by atoms with Gasteiger partial charge in [-0.3, -0.25) is 4.79 Å². The zero-order chi connectivity index (χ0) is 15.4. The molecule has 0 heterocycles. The van der Waals surface area contributed by atoms with E-state index < -0.39 is 5.82 Å². The number of ether oxygens (including phenoxy) is 2. The second-order valence-electron chi connectivity index (χ2n) is 4.66. The second kappa shape index (κ2) is 6.39. The molecular formula is C17H17FO3. The number of Topliss-reactive ketones (excluding diaryl/α,β-unsaturated/α-hetero) is 1. The van der Waals surface area contributed by atoms with Gasteiger partial charge in [0.25, 0.3) is 0 Å². The molecule has 2 aromatic rings. The smallest absolute Gasteiger partial charge is 0.163 e. The lowest BCUT2D eigenvalue weighted by atomic mass is 10.1. The van der Waals surface area contributed by atoms with Crippen LogP contribution in [0.2, 0.25) is 0 Å². The van der Waals surface area contributed by atoms with Gasteiger partial charge in [-0.1, -0.05) is 0 Å². The lowest BCUT2D eigenvalue weighted by Crippen LogP contribution is -2.00. The van der Waals surface area contributed by atoms with Gasteiger partial charge in [0.1, 0.15) is 23.1 Å². The van der Waals surface area contributed by atoms with E-state index in [1.165, 1.54) is 19.1 Å². The number of aryl methyl sites for hydroxylation is 1. The minimum absolute atomic E-state index is 0.229. The summed E-state index contributed by atoms with van der Waals surface area (Å²) in [5, 5.41) is 0. The Morgan fingerprint density at radius 3 is 2.33 bits per heavy atom. The summed E-state index contributed by atoms with van der Waals surface area (Å²) in [5.74, 6) is 0.999.